The van der Waals surface area contributed by atoms with Gasteiger partial charge in [0, 0.05) is 11.8 Å². The van der Waals surface area contributed by atoms with Crippen LogP contribution in [0.2, 0.25) is 0 Å². The molecule has 1 nitrogen and oxygen atoms in total. The third-order valence-corrected chi connectivity index (χ3v) is 2.37. The van der Waals surface area contributed by atoms with Crippen molar-refractivity contribution < 1.29 is 4.79 Å². The average molecular weight is 190 g/mol. The van der Waals surface area contributed by atoms with E-state index in [2.05, 4.69) is 38.7 Å². The molecule has 0 radical (unpaired) electrons. The van der Waals surface area contributed by atoms with Crippen molar-refractivity contribution in [1.82, 2.24) is 0 Å². The molecule has 0 spiro atoms. The van der Waals surface area contributed by atoms with Gasteiger partial charge >= 0.3 is 0 Å². The lowest BCUT2D eigenvalue weighted by atomic mass is 9.83. The Balaban J connectivity index is 2.65. The first kappa shape index (κ1) is 11.0. The fraction of sp³-hybridized carbons (Fsp3) is 0.462. The summed E-state index contributed by atoms with van der Waals surface area (Å²) >= 11 is 0. The molecule has 1 aliphatic rings. The number of carbonyl (C=O) groups excluding carboxylic acids is 1. The smallest absolute Gasteiger partial charge is 0.159 e. The third-order valence-electron chi connectivity index (χ3n) is 2.37. The van der Waals surface area contributed by atoms with Gasteiger partial charge in [-0.05, 0) is 18.4 Å². The highest BCUT2D eigenvalue weighted by molar-refractivity contribution is 5.96. The predicted octanol–water partition coefficient (Wildman–Crippen LogP) is 3.43. The Morgan fingerprint density at radius 1 is 1.64 bits per heavy atom. The Morgan fingerprint density at radius 2 is 2.36 bits per heavy atom. The van der Waals surface area contributed by atoms with Crippen LogP contribution < -0.4 is 0 Å². The molecule has 1 rings (SSSR count). The molecule has 0 unspecified atom stereocenters. The molecule has 1 heteroatoms. The standard InChI is InChI=1S/C13H18O/c1-4-5-8-12(14)11-7-6-9-13(2,3)10-11/h4,6,9-10H,1,5,7-8H2,2-3H3. The second-order valence-electron chi connectivity index (χ2n) is 4.35. The number of allylic oxidation sites excluding steroid dienone is 5. The van der Waals surface area contributed by atoms with Gasteiger partial charge < -0.3 is 0 Å². The van der Waals surface area contributed by atoms with Crippen LogP contribution in [-0.2, 0) is 4.79 Å². The summed E-state index contributed by atoms with van der Waals surface area (Å²) in [6.07, 6.45) is 10.3. The monoisotopic (exact) mass is 190 g/mol. The predicted molar refractivity (Wildman–Crippen MR) is 60.1 cm³/mol. The summed E-state index contributed by atoms with van der Waals surface area (Å²) in [5, 5.41) is 0. The van der Waals surface area contributed by atoms with Gasteiger partial charge in [0.25, 0.3) is 0 Å². The average Bonchev–Trinajstić information content (AvgIpc) is 2.12. The Bertz CT molecular complexity index is 292. The van der Waals surface area contributed by atoms with Crippen LogP contribution in [-0.4, -0.2) is 5.78 Å². The summed E-state index contributed by atoms with van der Waals surface area (Å²) in [7, 11) is 0. The fourth-order valence-electron chi connectivity index (χ4n) is 1.63. The Morgan fingerprint density at radius 3 is 2.93 bits per heavy atom. The molecule has 0 aromatic rings. The van der Waals surface area contributed by atoms with E-state index < -0.39 is 0 Å². The molecule has 0 fully saturated rings. The first-order chi connectivity index (χ1) is 6.55. The number of ketones is 1. The van der Waals surface area contributed by atoms with Crippen LogP contribution in [0.15, 0.2) is 36.5 Å². The van der Waals surface area contributed by atoms with Crippen LogP contribution in [0.5, 0.6) is 0 Å². The maximum Gasteiger partial charge on any atom is 0.159 e. The van der Waals surface area contributed by atoms with Crippen molar-refractivity contribution >= 4 is 5.78 Å². The molecular formula is C13H18O. The number of rotatable bonds is 4. The molecule has 1 aliphatic carbocycles. The fourth-order valence-corrected chi connectivity index (χ4v) is 1.63. The minimum absolute atomic E-state index is 0.0391. The van der Waals surface area contributed by atoms with Gasteiger partial charge in [0.2, 0.25) is 0 Å². The van der Waals surface area contributed by atoms with E-state index in [1.54, 1.807) is 6.08 Å². The zero-order valence-electron chi connectivity index (χ0n) is 9.05. The molecule has 0 aromatic heterocycles. The Hall–Kier alpha value is -1.11. The molecular weight excluding hydrogens is 172 g/mol. The summed E-state index contributed by atoms with van der Waals surface area (Å²) in [6.45, 7) is 7.85. The van der Waals surface area contributed by atoms with Gasteiger partial charge in [-0.3, -0.25) is 4.79 Å². The molecule has 0 N–H and O–H groups in total. The zero-order chi connectivity index (χ0) is 10.6. The normalized spacial score (nSPS) is 18.9. The van der Waals surface area contributed by atoms with E-state index >= 15 is 0 Å². The van der Waals surface area contributed by atoms with Crippen molar-refractivity contribution in [2.75, 3.05) is 0 Å². The van der Waals surface area contributed by atoms with Crippen molar-refractivity contribution in [2.24, 2.45) is 5.41 Å². The van der Waals surface area contributed by atoms with Crippen LogP contribution in [0.25, 0.3) is 0 Å². The number of hydrogen-bond donors (Lipinski definition) is 0. The lowest BCUT2D eigenvalue weighted by molar-refractivity contribution is -0.115. The van der Waals surface area contributed by atoms with Gasteiger partial charge in [0.1, 0.15) is 0 Å². The molecule has 0 bridgehead atoms. The van der Waals surface area contributed by atoms with E-state index in [-0.39, 0.29) is 11.2 Å². The molecule has 0 atom stereocenters. The van der Waals surface area contributed by atoms with Gasteiger partial charge in [0.05, 0.1) is 0 Å². The third kappa shape index (κ3) is 2.99. The summed E-state index contributed by atoms with van der Waals surface area (Å²) in [5.74, 6) is 0.266. The van der Waals surface area contributed by atoms with E-state index in [4.69, 9.17) is 0 Å². The lowest BCUT2D eigenvalue weighted by Gasteiger charge is -2.21. The molecule has 0 heterocycles. The second-order valence-corrected chi connectivity index (χ2v) is 4.35. The van der Waals surface area contributed by atoms with Crippen LogP contribution in [0.1, 0.15) is 33.1 Å². The largest absolute Gasteiger partial charge is 0.295 e. The molecule has 76 valence electrons. The molecule has 0 aliphatic heterocycles. The molecule has 0 saturated carbocycles. The van der Waals surface area contributed by atoms with Crippen LogP contribution in [0, 0.1) is 5.41 Å². The SMILES string of the molecule is C=CCCC(=O)C1=CC(C)(C)C=CC1. The number of carbonyl (C=O) groups is 1. The summed E-state index contributed by atoms with van der Waals surface area (Å²) in [5.41, 5.74) is 0.997. The highest BCUT2D eigenvalue weighted by atomic mass is 16.1. The van der Waals surface area contributed by atoms with Crippen molar-refractivity contribution in [3.63, 3.8) is 0 Å². The second kappa shape index (κ2) is 4.41. The molecule has 0 aromatic carbocycles. The van der Waals surface area contributed by atoms with Crippen LogP contribution in [0.4, 0.5) is 0 Å². The van der Waals surface area contributed by atoms with Crippen molar-refractivity contribution in [2.45, 2.75) is 33.1 Å². The van der Waals surface area contributed by atoms with Crippen LogP contribution in [0.3, 0.4) is 0 Å². The molecule has 14 heavy (non-hydrogen) atoms. The Labute approximate surface area is 86.2 Å². The van der Waals surface area contributed by atoms with Gasteiger partial charge in [0.15, 0.2) is 5.78 Å². The summed E-state index contributed by atoms with van der Waals surface area (Å²) in [6, 6.07) is 0. The van der Waals surface area contributed by atoms with Crippen LogP contribution >= 0.6 is 0 Å². The van der Waals surface area contributed by atoms with E-state index in [0.29, 0.717) is 6.42 Å². The van der Waals surface area contributed by atoms with Gasteiger partial charge in [-0.2, -0.15) is 0 Å². The van der Waals surface area contributed by atoms with Gasteiger partial charge in [-0.1, -0.05) is 38.2 Å². The first-order valence-electron chi connectivity index (χ1n) is 5.09. The van der Waals surface area contributed by atoms with E-state index in [1.165, 1.54) is 0 Å². The highest BCUT2D eigenvalue weighted by Crippen LogP contribution is 2.28. The number of hydrogen-bond acceptors (Lipinski definition) is 1. The zero-order valence-corrected chi connectivity index (χ0v) is 9.05. The van der Waals surface area contributed by atoms with E-state index in [9.17, 15) is 4.79 Å². The van der Waals surface area contributed by atoms with Crippen molar-refractivity contribution in [3.8, 4) is 0 Å². The minimum atomic E-state index is 0.0391. The maximum absolute atomic E-state index is 11.7. The molecule has 0 amide bonds. The van der Waals surface area contributed by atoms with E-state index in [0.717, 1.165) is 18.4 Å². The Kier molecular flexibility index (Phi) is 3.45. The summed E-state index contributed by atoms with van der Waals surface area (Å²) < 4.78 is 0. The lowest BCUT2D eigenvalue weighted by Crippen LogP contribution is -2.12. The molecule has 0 saturated heterocycles. The minimum Gasteiger partial charge on any atom is -0.295 e. The van der Waals surface area contributed by atoms with Gasteiger partial charge in [-0.15, -0.1) is 6.58 Å². The van der Waals surface area contributed by atoms with Gasteiger partial charge in [-0.25, -0.2) is 0 Å². The maximum atomic E-state index is 11.7. The highest BCUT2D eigenvalue weighted by Gasteiger charge is 2.18. The number of Topliss-reactive ketones (excluding diaryl/α,β-unsaturated/α-hetero) is 1. The summed E-state index contributed by atoms with van der Waals surface area (Å²) in [4.78, 5) is 11.7. The quantitative estimate of drug-likeness (QED) is 0.621. The van der Waals surface area contributed by atoms with E-state index in [1.807, 2.05) is 0 Å². The van der Waals surface area contributed by atoms with Crippen molar-refractivity contribution in [3.05, 3.63) is 36.5 Å². The first-order valence-corrected chi connectivity index (χ1v) is 5.09. The van der Waals surface area contributed by atoms with Crippen molar-refractivity contribution in [1.29, 1.82) is 0 Å². The topological polar surface area (TPSA) is 17.1 Å².